The summed E-state index contributed by atoms with van der Waals surface area (Å²) in [5.74, 6) is -0.501. The number of nitriles is 1. The Balaban J connectivity index is 2.15. The second-order valence-corrected chi connectivity index (χ2v) is 6.36. The van der Waals surface area contributed by atoms with Gasteiger partial charge in [0.05, 0.1) is 17.2 Å². The standard InChI is InChI=1S/C21H21F3N2O2/c1-3-6-19(20(27)26-13-16-8-5-4-7-14(16)2)28-17-10-9-15(12-25)18(11-17)21(22,23)24/h4-5,7-11,19H,3,6,13H2,1-2H3,(H,26,27)/t19-/m1/s1. The molecule has 0 saturated heterocycles. The molecule has 0 unspecified atom stereocenters. The Morgan fingerprint density at radius 1 is 1.25 bits per heavy atom. The number of alkyl halides is 3. The van der Waals surface area contributed by atoms with Crippen molar-refractivity contribution < 1.29 is 22.7 Å². The van der Waals surface area contributed by atoms with Gasteiger partial charge in [0.2, 0.25) is 0 Å². The lowest BCUT2D eigenvalue weighted by Crippen LogP contribution is -2.38. The Morgan fingerprint density at radius 3 is 2.57 bits per heavy atom. The summed E-state index contributed by atoms with van der Waals surface area (Å²) in [5, 5.41) is 11.6. The molecule has 0 heterocycles. The van der Waals surface area contributed by atoms with Crippen molar-refractivity contribution in [1.29, 1.82) is 5.26 Å². The van der Waals surface area contributed by atoms with E-state index in [2.05, 4.69) is 5.32 Å². The van der Waals surface area contributed by atoms with Gasteiger partial charge in [-0.05, 0) is 42.7 Å². The molecule has 28 heavy (non-hydrogen) atoms. The number of hydrogen-bond acceptors (Lipinski definition) is 3. The predicted molar refractivity (Wildman–Crippen MR) is 98.5 cm³/mol. The quantitative estimate of drug-likeness (QED) is 0.742. The zero-order valence-electron chi connectivity index (χ0n) is 15.6. The second-order valence-electron chi connectivity index (χ2n) is 6.36. The average molecular weight is 390 g/mol. The summed E-state index contributed by atoms with van der Waals surface area (Å²) in [5.41, 5.74) is 0.403. The second kappa shape index (κ2) is 9.27. The van der Waals surface area contributed by atoms with E-state index in [1.807, 2.05) is 38.1 Å². The molecule has 1 atom stereocenters. The number of aryl methyl sites for hydroxylation is 1. The Hall–Kier alpha value is -3.01. The van der Waals surface area contributed by atoms with Gasteiger partial charge in [0.25, 0.3) is 5.91 Å². The maximum atomic E-state index is 13.1. The summed E-state index contributed by atoms with van der Waals surface area (Å²) in [7, 11) is 0. The van der Waals surface area contributed by atoms with E-state index in [0.717, 1.165) is 23.3 Å². The normalized spacial score (nSPS) is 12.1. The Labute approximate surface area is 161 Å². The van der Waals surface area contributed by atoms with Crippen LogP contribution in [0, 0.1) is 18.3 Å². The molecule has 0 radical (unpaired) electrons. The molecule has 1 N–H and O–H groups in total. The highest BCUT2D eigenvalue weighted by atomic mass is 19.4. The minimum atomic E-state index is -4.68. The van der Waals surface area contributed by atoms with Gasteiger partial charge in [-0.1, -0.05) is 37.6 Å². The first kappa shape index (κ1) is 21.3. The number of nitrogens with one attached hydrogen (secondary N) is 1. The highest BCUT2D eigenvalue weighted by Crippen LogP contribution is 2.34. The van der Waals surface area contributed by atoms with E-state index in [9.17, 15) is 18.0 Å². The van der Waals surface area contributed by atoms with E-state index in [1.165, 1.54) is 12.1 Å². The van der Waals surface area contributed by atoms with Gasteiger partial charge in [-0.15, -0.1) is 0 Å². The van der Waals surface area contributed by atoms with Crippen molar-refractivity contribution in [2.24, 2.45) is 0 Å². The maximum Gasteiger partial charge on any atom is 0.417 e. The molecule has 0 spiro atoms. The van der Waals surface area contributed by atoms with Crippen LogP contribution in [-0.4, -0.2) is 12.0 Å². The number of nitrogens with zero attached hydrogens (tertiary/aromatic N) is 1. The van der Waals surface area contributed by atoms with Gasteiger partial charge in [0.15, 0.2) is 6.10 Å². The Bertz CT molecular complexity index is 873. The van der Waals surface area contributed by atoms with Crippen LogP contribution in [0.15, 0.2) is 42.5 Å². The molecular formula is C21H21F3N2O2. The van der Waals surface area contributed by atoms with Crippen LogP contribution in [0.4, 0.5) is 13.2 Å². The molecule has 1 amide bonds. The fourth-order valence-electron chi connectivity index (χ4n) is 2.70. The lowest BCUT2D eigenvalue weighted by Gasteiger charge is -2.20. The summed E-state index contributed by atoms with van der Waals surface area (Å²) in [6, 6.07) is 12.2. The number of carbonyl (C=O) groups excluding carboxylic acids is 1. The molecule has 2 aromatic rings. The molecule has 0 saturated carbocycles. The van der Waals surface area contributed by atoms with Gasteiger partial charge in [0.1, 0.15) is 5.75 Å². The smallest absolute Gasteiger partial charge is 0.417 e. The molecule has 0 aliphatic carbocycles. The van der Waals surface area contributed by atoms with Crippen molar-refractivity contribution in [3.05, 3.63) is 64.7 Å². The molecule has 0 fully saturated rings. The number of halogens is 3. The monoisotopic (exact) mass is 390 g/mol. The first-order valence-corrected chi connectivity index (χ1v) is 8.86. The van der Waals surface area contributed by atoms with Gasteiger partial charge < -0.3 is 10.1 Å². The number of benzene rings is 2. The van der Waals surface area contributed by atoms with Gasteiger partial charge >= 0.3 is 6.18 Å². The minimum absolute atomic E-state index is 0.101. The number of hydrogen-bond donors (Lipinski definition) is 1. The molecular weight excluding hydrogens is 369 g/mol. The van der Waals surface area contributed by atoms with E-state index >= 15 is 0 Å². The van der Waals surface area contributed by atoms with E-state index in [1.54, 1.807) is 0 Å². The van der Waals surface area contributed by atoms with Crippen LogP contribution < -0.4 is 10.1 Å². The number of carbonyl (C=O) groups is 1. The fraction of sp³-hybridized carbons (Fsp3) is 0.333. The van der Waals surface area contributed by atoms with Crippen LogP contribution in [0.2, 0.25) is 0 Å². The molecule has 0 bridgehead atoms. The highest BCUT2D eigenvalue weighted by molar-refractivity contribution is 5.81. The van der Waals surface area contributed by atoms with Crippen molar-refractivity contribution in [3.63, 3.8) is 0 Å². The molecule has 2 aromatic carbocycles. The van der Waals surface area contributed by atoms with Gasteiger partial charge in [-0.2, -0.15) is 18.4 Å². The lowest BCUT2D eigenvalue weighted by atomic mass is 10.1. The Kier molecular flexibility index (Phi) is 7.05. The summed E-state index contributed by atoms with van der Waals surface area (Å²) in [6.07, 6.45) is -4.65. The van der Waals surface area contributed by atoms with Crippen molar-refractivity contribution in [3.8, 4) is 11.8 Å². The van der Waals surface area contributed by atoms with Crippen molar-refractivity contribution in [2.45, 2.75) is 45.5 Å². The predicted octanol–water partition coefficient (Wildman–Crippen LogP) is 4.75. The fourth-order valence-corrected chi connectivity index (χ4v) is 2.70. The van der Waals surface area contributed by atoms with Crippen molar-refractivity contribution in [2.75, 3.05) is 0 Å². The summed E-state index contributed by atoms with van der Waals surface area (Å²) in [6.45, 7) is 4.08. The van der Waals surface area contributed by atoms with Crippen molar-refractivity contribution >= 4 is 5.91 Å². The van der Waals surface area contributed by atoms with Gasteiger partial charge in [-0.25, -0.2) is 0 Å². The van der Waals surface area contributed by atoms with Crippen LogP contribution in [0.1, 0.15) is 42.0 Å². The highest BCUT2D eigenvalue weighted by Gasteiger charge is 2.34. The van der Waals surface area contributed by atoms with E-state index in [0.29, 0.717) is 19.4 Å². The largest absolute Gasteiger partial charge is 0.481 e. The van der Waals surface area contributed by atoms with E-state index in [-0.39, 0.29) is 5.75 Å². The molecule has 7 heteroatoms. The minimum Gasteiger partial charge on any atom is -0.481 e. The first-order valence-electron chi connectivity index (χ1n) is 8.86. The van der Waals surface area contributed by atoms with Gasteiger partial charge in [-0.3, -0.25) is 4.79 Å². The van der Waals surface area contributed by atoms with E-state index < -0.39 is 29.3 Å². The third-order valence-electron chi connectivity index (χ3n) is 4.25. The lowest BCUT2D eigenvalue weighted by molar-refractivity contribution is -0.137. The van der Waals surface area contributed by atoms with Crippen LogP contribution in [-0.2, 0) is 17.5 Å². The van der Waals surface area contributed by atoms with Crippen LogP contribution in [0.25, 0.3) is 0 Å². The summed E-state index contributed by atoms with van der Waals surface area (Å²) in [4.78, 5) is 12.5. The molecule has 4 nitrogen and oxygen atoms in total. The van der Waals surface area contributed by atoms with Crippen LogP contribution in [0.3, 0.4) is 0 Å². The van der Waals surface area contributed by atoms with Gasteiger partial charge in [0, 0.05) is 6.54 Å². The number of ether oxygens (including phenoxy) is 1. The molecule has 0 aliphatic heterocycles. The van der Waals surface area contributed by atoms with Crippen molar-refractivity contribution in [1.82, 2.24) is 5.32 Å². The topological polar surface area (TPSA) is 62.1 Å². The van der Waals surface area contributed by atoms with Crippen LogP contribution >= 0.6 is 0 Å². The zero-order valence-corrected chi connectivity index (χ0v) is 15.6. The maximum absolute atomic E-state index is 13.1. The molecule has 148 valence electrons. The molecule has 0 aromatic heterocycles. The number of rotatable bonds is 7. The SMILES string of the molecule is CCC[C@@H](Oc1ccc(C#N)c(C(F)(F)F)c1)C(=O)NCc1ccccc1C. The average Bonchev–Trinajstić information content (AvgIpc) is 2.66. The van der Waals surface area contributed by atoms with E-state index in [4.69, 9.17) is 10.00 Å². The summed E-state index contributed by atoms with van der Waals surface area (Å²) >= 11 is 0. The third kappa shape index (κ3) is 5.49. The Morgan fingerprint density at radius 2 is 1.96 bits per heavy atom. The zero-order chi connectivity index (χ0) is 20.7. The first-order chi connectivity index (χ1) is 13.3. The number of amides is 1. The molecule has 0 aliphatic rings. The third-order valence-corrected chi connectivity index (χ3v) is 4.25. The summed E-state index contributed by atoms with van der Waals surface area (Å²) < 4.78 is 44.9. The van der Waals surface area contributed by atoms with Crippen LogP contribution in [0.5, 0.6) is 5.75 Å². The molecule has 2 rings (SSSR count).